The fraction of sp³-hybridized carbons (Fsp3) is 0.0667. The van der Waals surface area contributed by atoms with Crippen molar-refractivity contribution in [2.45, 2.75) is 6.42 Å². The number of hydrogen-bond donors (Lipinski definition) is 2. The lowest BCUT2D eigenvalue weighted by Crippen LogP contribution is -2.36. The van der Waals surface area contributed by atoms with Crippen LogP contribution in [0.15, 0.2) is 54.6 Å². The summed E-state index contributed by atoms with van der Waals surface area (Å²) in [6, 6.07) is 16.5. The van der Waals surface area contributed by atoms with Crippen molar-refractivity contribution in [1.29, 1.82) is 0 Å². The number of nitrogens with two attached hydrogens (primary N) is 1. The van der Waals surface area contributed by atoms with Gasteiger partial charge in [-0.3, -0.25) is 10.1 Å². The number of hydrogen-bond acceptors (Lipinski definition) is 2. The summed E-state index contributed by atoms with van der Waals surface area (Å²) in [6.07, 6.45) is 0.119. The first-order valence-electron chi connectivity index (χ1n) is 5.89. The van der Waals surface area contributed by atoms with Crippen LogP contribution in [0.1, 0.15) is 5.56 Å². The Bertz CT molecular complexity index is 594. The largest absolute Gasteiger partial charge is 0.351 e. The Kier molecular flexibility index (Phi) is 3.93. The van der Waals surface area contributed by atoms with Crippen LogP contribution in [0.25, 0.3) is 11.1 Å². The van der Waals surface area contributed by atoms with Gasteiger partial charge in [-0.1, -0.05) is 54.6 Å². The van der Waals surface area contributed by atoms with Gasteiger partial charge in [0.25, 0.3) is 0 Å². The minimum atomic E-state index is -0.831. The van der Waals surface area contributed by atoms with E-state index in [1.165, 1.54) is 0 Å². The average molecular weight is 254 g/mol. The van der Waals surface area contributed by atoms with Crippen molar-refractivity contribution in [3.8, 4) is 11.1 Å². The first-order chi connectivity index (χ1) is 9.16. The second-order valence-corrected chi connectivity index (χ2v) is 4.11. The van der Waals surface area contributed by atoms with E-state index in [4.69, 9.17) is 5.73 Å². The number of rotatable bonds is 3. The molecular formula is C15H14N2O2. The summed E-state index contributed by atoms with van der Waals surface area (Å²) in [5, 5.41) is 2.07. The number of primary amides is 1. The third-order valence-corrected chi connectivity index (χ3v) is 2.72. The molecule has 2 aromatic rings. The van der Waals surface area contributed by atoms with Gasteiger partial charge in [0.15, 0.2) is 0 Å². The highest BCUT2D eigenvalue weighted by Gasteiger charge is 2.10. The van der Waals surface area contributed by atoms with Crippen LogP contribution in [0.3, 0.4) is 0 Å². The summed E-state index contributed by atoms with van der Waals surface area (Å²) in [4.78, 5) is 22.2. The SMILES string of the molecule is NC(=O)NC(=O)Cc1ccccc1-c1ccccc1. The molecule has 0 aliphatic heterocycles. The van der Waals surface area contributed by atoms with Gasteiger partial charge >= 0.3 is 6.03 Å². The van der Waals surface area contributed by atoms with Crippen LogP contribution in [0.5, 0.6) is 0 Å². The Morgan fingerprint density at radius 2 is 1.58 bits per heavy atom. The fourth-order valence-electron chi connectivity index (χ4n) is 1.93. The van der Waals surface area contributed by atoms with Gasteiger partial charge in [0.2, 0.25) is 5.91 Å². The third-order valence-electron chi connectivity index (χ3n) is 2.72. The second-order valence-electron chi connectivity index (χ2n) is 4.11. The van der Waals surface area contributed by atoms with E-state index < -0.39 is 11.9 Å². The van der Waals surface area contributed by atoms with E-state index >= 15 is 0 Å². The van der Waals surface area contributed by atoms with Crippen LogP contribution in [0, 0.1) is 0 Å². The predicted molar refractivity (Wildman–Crippen MR) is 73.3 cm³/mol. The van der Waals surface area contributed by atoms with Gasteiger partial charge in [-0.25, -0.2) is 4.79 Å². The molecule has 0 spiro atoms. The molecule has 0 atom stereocenters. The maximum atomic E-state index is 11.6. The van der Waals surface area contributed by atoms with E-state index in [2.05, 4.69) is 5.32 Å². The highest BCUT2D eigenvalue weighted by Crippen LogP contribution is 2.23. The summed E-state index contributed by atoms with van der Waals surface area (Å²) in [6.45, 7) is 0. The van der Waals surface area contributed by atoms with Crippen LogP contribution in [0.4, 0.5) is 4.79 Å². The monoisotopic (exact) mass is 254 g/mol. The van der Waals surface area contributed by atoms with Gasteiger partial charge in [-0.05, 0) is 16.7 Å². The zero-order valence-electron chi connectivity index (χ0n) is 10.3. The molecule has 0 saturated heterocycles. The van der Waals surface area contributed by atoms with Gasteiger partial charge < -0.3 is 5.73 Å². The van der Waals surface area contributed by atoms with Gasteiger partial charge in [-0.2, -0.15) is 0 Å². The summed E-state index contributed by atoms with van der Waals surface area (Å²) in [7, 11) is 0. The molecule has 0 radical (unpaired) electrons. The van der Waals surface area contributed by atoms with Gasteiger partial charge in [0.05, 0.1) is 6.42 Å². The lowest BCUT2D eigenvalue weighted by atomic mass is 9.97. The summed E-state index contributed by atoms with van der Waals surface area (Å²) >= 11 is 0. The van der Waals surface area contributed by atoms with Gasteiger partial charge in [0, 0.05) is 0 Å². The predicted octanol–water partition coefficient (Wildman–Crippen LogP) is 2.09. The Labute approximate surface area is 111 Å². The van der Waals surface area contributed by atoms with Crippen molar-refractivity contribution in [2.24, 2.45) is 5.73 Å². The average Bonchev–Trinajstić information content (AvgIpc) is 2.39. The topological polar surface area (TPSA) is 72.2 Å². The highest BCUT2D eigenvalue weighted by atomic mass is 16.2. The lowest BCUT2D eigenvalue weighted by Gasteiger charge is -2.09. The number of nitrogens with one attached hydrogen (secondary N) is 1. The Balaban J connectivity index is 2.27. The molecule has 19 heavy (non-hydrogen) atoms. The lowest BCUT2D eigenvalue weighted by molar-refractivity contribution is -0.119. The van der Waals surface area contributed by atoms with Crippen LogP contribution in [-0.2, 0) is 11.2 Å². The van der Waals surface area contributed by atoms with Gasteiger partial charge in [-0.15, -0.1) is 0 Å². The summed E-state index contributed by atoms with van der Waals surface area (Å²) in [5.41, 5.74) is 7.79. The Morgan fingerprint density at radius 1 is 0.947 bits per heavy atom. The van der Waals surface area contributed by atoms with Crippen molar-refractivity contribution in [1.82, 2.24) is 5.32 Å². The van der Waals surface area contributed by atoms with Crippen molar-refractivity contribution >= 4 is 11.9 Å². The number of carbonyl (C=O) groups excluding carboxylic acids is 2. The summed E-state index contributed by atoms with van der Waals surface area (Å²) in [5.74, 6) is -0.407. The highest BCUT2D eigenvalue weighted by molar-refractivity contribution is 5.95. The van der Waals surface area contributed by atoms with Crippen molar-refractivity contribution in [2.75, 3.05) is 0 Å². The number of imide groups is 1. The fourth-order valence-corrected chi connectivity index (χ4v) is 1.93. The van der Waals surface area contributed by atoms with Crippen LogP contribution >= 0.6 is 0 Å². The Morgan fingerprint density at radius 3 is 2.26 bits per heavy atom. The molecule has 3 N–H and O–H groups in total. The normalized spacial score (nSPS) is 9.89. The smallest absolute Gasteiger partial charge is 0.318 e. The second kappa shape index (κ2) is 5.82. The quantitative estimate of drug-likeness (QED) is 0.880. The van der Waals surface area contributed by atoms with E-state index in [0.29, 0.717) is 0 Å². The first-order valence-corrected chi connectivity index (χ1v) is 5.89. The molecule has 96 valence electrons. The molecule has 0 saturated carbocycles. The zero-order valence-corrected chi connectivity index (χ0v) is 10.3. The van der Waals surface area contributed by atoms with Gasteiger partial charge in [0.1, 0.15) is 0 Å². The molecule has 4 heteroatoms. The molecule has 0 bridgehead atoms. The molecule has 0 aliphatic carbocycles. The third kappa shape index (κ3) is 3.42. The molecule has 0 fully saturated rings. The minimum absolute atomic E-state index is 0.119. The zero-order chi connectivity index (χ0) is 13.7. The van der Waals surface area contributed by atoms with Crippen LogP contribution < -0.4 is 11.1 Å². The number of amides is 3. The van der Waals surface area contributed by atoms with Crippen LogP contribution in [0.2, 0.25) is 0 Å². The van der Waals surface area contributed by atoms with Crippen molar-refractivity contribution in [3.63, 3.8) is 0 Å². The standard InChI is InChI=1S/C15H14N2O2/c16-15(19)17-14(18)10-12-8-4-5-9-13(12)11-6-2-1-3-7-11/h1-9H,10H2,(H3,16,17,18,19). The van der Waals surface area contributed by atoms with Crippen molar-refractivity contribution < 1.29 is 9.59 Å². The molecule has 2 rings (SSSR count). The maximum absolute atomic E-state index is 11.6. The summed E-state index contributed by atoms with van der Waals surface area (Å²) < 4.78 is 0. The Hall–Kier alpha value is -2.62. The van der Waals surface area contributed by atoms with E-state index in [9.17, 15) is 9.59 Å². The molecular weight excluding hydrogens is 240 g/mol. The number of urea groups is 1. The molecule has 0 aromatic heterocycles. The van der Waals surface area contributed by atoms with Crippen LogP contribution in [-0.4, -0.2) is 11.9 Å². The van der Waals surface area contributed by atoms with E-state index in [1.807, 2.05) is 54.6 Å². The van der Waals surface area contributed by atoms with E-state index in [1.54, 1.807) is 0 Å². The number of benzene rings is 2. The van der Waals surface area contributed by atoms with E-state index in [-0.39, 0.29) is 6.42 Å². The van der Waals surface area contributed by atoms with Crippen molar-refractivity contribution in [3.05, 3.63) is 60.2 Å². The minimum Gasteiger partial charge on any atom is -0.351 e. The number of carbonyl (C=O) groups is 2. The molecule has 4 nitrogen and oxygen atoms in total. The molecule has 0 unspecified atom stereocenters. The maximum Gasteiger partial charge on any atom is 0.318 e. The molecule has 0 aliphatic rings. The first kappa shape index (κ1) is 12.8. The van der Waals surface area contributed by atoms with E-state index in [0.717, 1.165) is 16.7 Å². The molecule has 0 heterocycles. The molecule has 2 aromatic carbocycles. The molecule has 3 amide bonds.